The number of nitrogens with zero attached hydrogens (tertiary/aromatic N) is 2. The number of benzene rings is 1. The summed E-state index contributed by atoms with van der Waals surface area (Å²) in [4.78, 5) is 16.9. The maximum absolute atomic E-state index is 12.6. The smallest absolute Gasteiger partial charge is 0.253 e. The lowest BCUT2D eigenvalue weighted by molar-refractivity contribution is -0.150. The topological polar surface area (TPSA) is 44.8 Å². The molecule has 7 heteroatoms. The van der Waals surface area contributed by atoms with Crippen molar-refractivity contribution >= 4 is 30.7 Å². The fourth-order valence-corrected chi connectivity index (χ4v) is 3.17. The molecule has 1 aromatic carbocycles. The Labute approximate surface area is 156 Å². The number of piperazine rings is 1. The van der Waals surface area contributed by atoms with Crippen LogP contribution in [0.5, 0.6) is 0 Å². The Kier molecular flexibility index (Phi) is 9.02. The van der Waals surface area contributed by atoms with Crippen molar-refractivity contribution in [2.24, 2.45) is 0 Å². The number of carbonyl (C=O) groups excluding carboxylic acids is 1. The van der Waals surface area contributed by atoms with Gasteiger partial charge in [0.25, 0.3) is 5.91 Å². The molecule has 2 aliphatic rings. The number of hydrogen-bond acceptors (Lipinski definition) is 4. The number of rotatable bonds is 3. The van der Waals surface area contributed by atoms with Crippen LogP contribution in [0.1, 0.15) is 12.5 Å². The first-order valence-electron chi connectivity index (χ1n) is 8.12. The van der Waals surface area contributed by atoms with Crippen molar-refractivity contribution in [1.29, 1.82) is 0 Å². The van der Waals surface area contributed by atoms with Crippen molar-refractivity contribution in [3.05, 3.63) is 35.9 Å². The Hall–Kier alpha value is -0.850. The van der Waals surface area contributed by atoms with Crippen LogP contribution in [0.3, 0.4) is 0 Å². The van der Waals surface area contributed by atoms with Crippen LogP contribution >= 0.6 is 24.8 Å². The zero-order valence-corrected chi connectivity index (χ0v) is 15.7. The Morgan fingerprint density at radius 3 is 2.67 bits per heavy atom. The third-order valence-corrected chi connectivity index (χ3v) is 4.36. The van der Waals surface area contributed by atoms with Gasteiger partial charge in [-0.2, -0.15) is 0 Å². The third kappa shape index (κ3) is 5.60. The second kappa shape index (κ2) is 10.2. The number of nitrogens with one attached hydrogen (secondary N) is 1. The van der Waals surface area contributed by atoms with Crippen molar-refractivity contribution in [3.8, 4) is 0 Å². The minimum absolute atomic E-state index is 0. The molecule has 2 atom stereocenters. The van der Waals surface area contributed by atoms with E-state index >= 15 is 0 Å². The molecule has 3 rings (SSSR count). The number of carbonyl (C=O) groups is 1. The maximum Gasteiger partial charge on any atom is 0.253 e. The van der Waals surface area contributed by atoms with Gasteiger partial charge in [-0.15, -0.1) is 24.8 Å². The number of amides is 1. The minimum Gasteiger partial charge on any atom is -0.366 e. The first-order valence-corrected chi connectivity index (χ1v) is 8.12. The summed E-state index contributed by atoms with van der Waals surface area (Å²) in [5.74, 6) is 0.145. The van der Waals surface area contributed by atoms with Crippen molar-refractivity contribution < 1.29 is 9.53 Å². The molecule has 2 aliphatic heterocycles. The summed E-state index contributed by atoms with van der Waals surface area (Å²) in [6.45, 7) is 7.62. The molecular weight excluding hydrogens is 349 g/mol. The first-order chi connectivity index (χ1) is 10.7. The van der Waals surface area contributed by atoms with Gasteiger partial charge in [-0.1, -0.05) is 30.3 Å². The Bertz CT molecular complexity index is 504. The van der Waals surface area contributed by atoms with Crippen LogP contribution in [0, 0.1) is 0 Å². The standard InChI is InChI=1S/C17H25N3O2.2ClH/c1-14-11-20(8-7-18-14)17(21)16-13-19(9-10-22-16)12-15-5-3-2-4-6-15;;/h2-6,14,16,18H,7-13H2,1H3;2*1H. The van der Waals surface area contributed by atoms with Crippen molar-refractivity contribution in [3.63, 3.8) is 0 Å². The van der Waals surface area contributed by atoms with Crippen molar-refractivity contribution in [2.75, 3.05) is 39.3 Å². The van der Waals surface area contributed by atoms with E-state index in [1.807, 2.05) is 11.0 Å². The second-order valence-electron chi connectivity index (χ2n) is 6.22. The van der Waals surface area contributed by atoms with Gasteiger partial charge in [0.1, 0.15) is 6.10 Å². The third-order valence-electron chi connectivity index (χ3n) is 4.36. The van der Waals surface area contributed by atoms with Gasteiger partial charge in [-0.25, -0.2) is 0 Å². The molecule has 2 heterocycles. The largest absolute Gasteiger partial charge is 0.366 e. The van der Waals surface area contributed by atoms with Crippen LogP contribution in [0.25, 0.3) is 0 Å². The molecular formula is C17H27Cl2N3O2. The van der Waals surface area contributed by atoms with E-state index < -0.39 is 0 Å². The predicted molar refractivity (Wildman–Crippen MR) is 100.0 cm³/mol. The van der Waals surface area contributed by atoms with Crippen LogP contribution < -0.4 is 5.32 Å². The van der Waals surface area contributed by atoms with E-state index in [2.05, 4.69) is 41.4 Å². The Balaban J connectivity index is 0.00000144. The van der Waals surface area contributed by atoms with Gasteiger partial charge in [0.15, 0.2) is 0 Å². The molecule has 0 aliphatic carbocycles. The van der Waals surface area contributed by atoms with Crippen LogP contribution in [-0.2, 0) is 16.1 Å². The van der Waals surface area contributed by atoms with Crippen LogP contribution in [0.4, 0.5) is 0 Å². The van der Waals surface area contributed by atoms with E-state index in [0.29, 0.717) is 19.2 Å². The zero-order chi connectivity index (χ0) is 15.4. The van der Waals surface area contributed by atoms with Crippen LogP contribution in [-0.4, -0.2) is 67.2 Å². The van der Waals surface area contributed by atoms with Crippen LogP contribution in [0.15, 0.2) is 30.3 Å². The van der Waals surface area contributed by atoms with Crippen molar-refractivity contribution in [1.82, 2.24) is 15.1 Å². The summed E-state index contributed by atoms with van der Waals surface area (Å²) in [6.07, 6.45) is -0.317. The highest BCUT2D eigenvalue weighted by molar-refractivity contribution is 5.85. The summed E-state index contributed by atoms with van der Waals surface area (Å²) in [5.41, 5.74) is 1.28. The predicted octanol–water partition coefficient (Wildman–Crippen LogP) is 1.55. The molecule has 1 aromatic rings. The molecule has 0 bridgehead atoms. The fraction of sp³-hybridized carbons (Fsp3) is 0.588. The molecule has 136 valence electrons. The molecule has 2 saturated heterocycles. The highest BCUT2D eigenvalue weighted by Gasteiger charge is 2.31. The van der Waals surface area contributed by atoms with E-state index in [0.717, 1.165) is 32.7 Å². The minimum atomic E-state index is -0.317. The average Bonchev–Trinajstić information content (AvgIpc) is 2.55. The van der Waals surface area contributed by atoms with Gasteiger partial charge in [0.05, 0.1) is 6.61 Å². The highest BCUT2D eigenvalue weighted by atomic mass is 35.5. The van der Waals surface area contributed by atoms with Gasteiger partial charge in [0.2, 0.25) is 0 Å². The second-order valence-corrected chi connectivity index (χ2v) is 6.22. The molecule has 24 heavy (non-hydrogen) atoms. The van der Waals surface area contributed by atoms with Gasteiger partial charge in [0, 0.05) is 45.3 Å². The summed E-state index contributed by atoms with van der Waals surface area (Å²) < 4.78 is 5.74. The molecule has 0 saturated carbocycles. The van der Waals surface area contributed by atoms with Crippen LogP contribution in [0.2, 0.25) is 0 Å². The van der Waals surface area contributed by atoms with Gasteiger partial charge < -0.3 is 15.0 Å². The lowest BCUT2D eigenvalue weighted by atomic mass is 10.1. The molecule has 0 spiro atoms. The van der Waals surface area contributed by atoms with E-state index in [9.17, 15) is 4.79 Å². The van der Waals surface area contributed by atoms with E-state index in [-0.39, 0.29) is 36.8 Å². The molecule has 0 radical (unpaired) electrons. The number of halogens is 2. The van der Waals surface area contributed by atoms with E-state index in [1.54, 1.807) is 0 Å². The lowest BCUT2D eigenvalue weighted by Gasteiger charge is -2.37. The summed E-state index contributed by atoms with van der Waals surface area (Å²) in [6, 6.07) is 10.8. The molecule has 0 aromatic heterocycles. The van der Waals surface area contributed by atoms with E-state index in [1.165, 1.54) is 5.56 Å². The molecule has 5 nitrogen and oxygen atoms in total. The molecule has 2 unspecified atom stereocenters. The summed E-state index contributed by atoms with van der Waals surface area (Å²) in [5, 5.41) is 3.37. The zero-order valence-electron chi connectivity index (χ0n) is 14.0. The average molecular weight is 376 g/mol. The quantitative estimate of drug-likeness (QED) is 0.870. The molecule has 1 amide bonds. The number of ether oxygens (including phenoxy) is 1. The highest BCUT2D eigenvalue weighted by Crippen LogP contribution is 2.13. The lowest BCUT2D eigenvalue weighted by Crippen LogP contribution is -2.57. The Morgan fingerprint density at radius 2 is 1.96 bits per heavy atom. The summed E-state index contributed by atoms with van der Waals surface area (Å²) >= 11 is 0. The molecule has 1 N–H and O–H groups in total. The fourth-order valence-electron chi connectivity index (χ4n) is 3.17. The number of hydrogen-bond donors (Lipinski definition) is 1. The SMILES string of the molecule is CC1CN(C(=O)C2CN(Cc3ccccc3)CCO2)CCN1.Cl.Cl. The van der Waals surface area contributed by atoms with Gasteiger partial charge in [-0.3, -0.25) is 9.69 Å². The van der Waals surface area contributed by atoms with Gasteiger partial charge >= 0.3 is 0 Å². The van der Waals surface area contributed by atoms with Gasteiger partial charge in [-0.05, 0) is 12.5 Å². The monoisotopic (exact) mass is 375 g/mol. The molecule has 2 fully saturated rings. The normalized spacial score (nSPS) is 24.6. The van der Waals surface area contributed by atoms with Crippen molar-refractivity contribution in [2.45, 2.75) is 25.6 Å². The Morgan fingerprint density at radius 1 is 1.21 bits per heavy atom. The van der Waals surface area contributed by atoms with E-state index in [4.69, 9.17) is 4.74 Å². The first kappa shape index (κ1) is 21.2. The maximum atomic E-state index is 12.6. The number of morpholine rings is 1. The summed E-state index contributed by atoms with van der Waals surface area (Å²) in [7, 11) is 0.